The third-order valence-corrected chi connectivity index (χ3v) is 5.47. The minimum absolute atomic E-state index is 0. The molecule has 0 aromatic heterocycles. The summed E-state index contributed by atoms with van der Waals surface area (Å²) in [5.74, 6) is 0. The molecule has 1 spiro atoms. The average Bonchev–Trinajstić information content (AvgIpc) is 2.89. The number of nitrogens with zero attached hydrogens (tertiary/aromatic N) is 2. The molecule has 140 valence electrons. The van der Waals surface area contributed by atoms with Gasteiger partial charge in [0.1, 0.15) is 0 Å². The first kappa shape index (κ1) is 18.7. The van der Waals surface area contributed by atoms with Crippen LogP contribution in [0.1, 0.15) is 29.5 Å². The van der Waals surface area contributed by atoms with Crippen LogP contribution in [-0.2, 0) is 5.54 Å². The number of aliphatic imine (C=N–C) groups is 1. The summed E-state index contributed by atoms with van der Waals surface area (Å²) in [5.41, 5.74) is 11.6. The Kier molecular flexibility index (Phi) is 5.06. The lowest BCUT2D eigenvalue weighted by atomic mass is 9.68. The lowest BCUT2D eigenvalue weighted by Gasteiger charge is -2.50. The molecule has 2 aromatic rings. The third-order valence-electron chi connectivity index (χ3n) is 5.47. The van der Waals surface area contributed by atoms with E-state index in [9.17, 15) is 0 Å². The first-order valence-electron chi connectivity index (χ1n) is 8.93. The number of nitrogens with one attached hydrogen (secondary N) is 1. The Hall–Kier alpha value is -3.05. The number of fused-ring (bicyclic) bond motifs is 2. The molecule has 1 aliphatic carbocycles. The normalized spacial score (nSPS) is 23.9. The molecule has 0 bridgehead atoms. The first-order valence-corrected chi connectivity index (χ1v) is 8.93. The SMILES string of the molecule is C=C1c2ccccc2C2(CC(N/C=C(\N)c3ccccc3)C2)N1C=NC.N. The minimum Gasteiger partial charge on any atom is -0.397 e. The van der Waals surface area contributed by atoms with Crippen molar-refractivity contribution in [3.63, 3.8) is 0 Å². The van der Waals surface area contributed by atoms with Crippen LogP contribution in [0.5, 0.6) is 0 Å². The van der Waals surface area contributed by atoms with E-state index in [1.54, 1.807) is 0 Å². The predicted molar refractivity (Wildman–Crippen MR) is 113 cm³/mol. The molecule has 2 aliphatic rings. The van der Waals surface area contributed by atoms with Gasteiger partial charge in [-0.3, -0.25) is 4.99 Å². The molecule has 27 heavy (non-hydrogen) atoms. The Morgan fingerprint density at radius 3 is 2.56 bits per heavy atom. The number of hydrogen-bond acceptors (Lipinski definition) is 4. The molecule has 1 heterocycles. The summed E-state index contributed by atoms with van der Waals surface area (Å²) in [6, 6.07) is 19.0. The first-order chi connectivity index (χ1) is 12.7. The fourth-order valence-corrected chi connectivity index (χ4v) is 4.17. The van der Waals surface area contributed by atoms with Gasteiger partial charge < -0.3 is 22.1 Å². The van der Waals surface area contributed by atoms with E-state index in [0.29, 0.717) is 6.04 Å². The summed E-state index contributed by atoms with van der Waals surface area (Å²) in [5, 5.41) is 3.49. The Balaban J connectivity index is 0.00000210. The van der Waals surface area contributed by atoms with Gasteiger partial charge in [0.05, 0.1) is 17.6 Å². The van der Waals surface area contributed by atoms with Gasteiger partial charge in [-0.1, -0.05) is 61.2 Å². The summed E-state index contributed by atoms with van der Waals surface area (Å²) in [7, 11) is 1.81. The second-order valence-corrected chi connectivity index (χ2v) is 7.01. The molecule has 1 fully saturated rings. The van der Waals surface area contributed by atoms with Gasteiger partial charge in [-0.2, -0.15) is 0 Å². The number of benzene rings is 2. The van der Waals surface area contributed by atoms with Crippen LogP contribution in [-0.4, -0.2) is 24.3 Å². The molecule has 4 rings (SSSR count). The monoisotopic (exact) mass is 361 g/mol. The zero-order chi connectivity index (χ0) is 18.1. The zero-order valence-electron chi connectivity index (χ0n) is 15.7. The number of rotatable bonds is 4. The van der Waals surface area contributed by atoms with E-state index in [0.717, 1.165) is 29.8 Å². The molecule has 2 aromatic carbocycles. The molecule has 5 heteroatoms. The van der Waals surface area contributed by atoms with Crippen LogP contribution in [0.2, 0.25) is 0 Å². The Labute approximate surface area is 160 Å². The largest absolute Gasteiger partial charge is 0.397 e. The van der Waals surface area contributed by atoms with Crippen molar-refractivity contribution in [2.75, 3.05) is 7.05 Å². The molecule has 0 radical (unpaired) electrons. The molecule has 1 aliphatic heterocycles. The third kappa shape index (κ3) is 3.00. The molecular formula is C22H27N5. The van der Waals surface area contributed by atoms with Gasteiger partial charge >= 0.3 is 0 Å². The van der Waals surface area contributed by atoms with Gasteiger partial charge in [0.15, 0.2) is 0 Å². The second kappa shape index (κ2) is 7.29. The standard InChI is InChI=1S/C22H24N4.H3N/c1-16-19-10-6-7-11-20(19)22(26(16)15-24-2)12-18(13-22)25-14-21(23)17-8-4-3-5-9-17;/h3-11,14-15,18,25H,1,12-13,23H2,2H3;1H3/b21-14-,24-15?;. The van der Waals surface area contributed by atoms with E-state index >= 15 is 0 Å². The van der Waals surface area contributed by atoms with Crippen LogP contribution in [0.15, 0.2) is 72.4 Å². The quantitative estimate of drug-likeness (QED) is 0.572. The molecule has 0 amide bonds. The lowest BCUT2D eigenvalue weighted by molar-refractivity contribution is 0.0968. The molecule has 6 N–H and O–H groups in total. The van der Waals surface area contributed by atoms with Crippen molar-refractivity contribution in [1.29, 1.82) is 0 Å². The second-order valence-electron chi connectivity index (χ2n) is 7.01. The van der Waals surface area contributed by atoms with Gasteiger partial charge in [0.25, 0.3) is 0 Å². The van der Waals surface area contributed by atoms with Crippen molar-refractivity contribution in [3.05, 3.63) is 84.1 Å². The Bertz CT molecular complexity index is 879. The van der Waals surface area contributed by atoms with Crippen LogP contribution < -0.4 is 17.2 Å². The molecule has 0 unspecified atom stereocenters. The highest BCUT2D eigenvalue weighted by Gasteiger charge is 2.54. The maximum Gasteiger partial charge on any atom is 0.0898 e. The van der Waals surface area contributed by atoms with Crippen molar-refractivity contribution in [3.8, 4) is 0 Å². The summed E-state index contributed by atoms with van der Waals surface area (Å²) in [6.45, 7) is 4.29. The maximum atomic E-state index is 6.19. The van der Waals surface area contributed by atoms with Crippen LogP contribution >= 0.6 is 0 Å². The van der Waals surface area contributed by atoms with Gasteiger partial charge in [-0.05, 0) is 24.0 Å². The summed E-state index contributed by atoms with van der Waals surface area (Å²) >= 11 is 0. The van der Waals surface area contributed by atoms with Crippen molar-refractivity contribution in [2.24, 2.45) is 10.7 Å². The van der Waals surface area contributed by atoms with Crippen LogP contribution in [0, 0.1) is 0 Å². The highest BCUT2D eigenvalue weighted by molar-refractivity contribution is 5.83. The summed E-state index contributed by atoms with van der Waals surface area (Å²) < 4.78 is 0. The average molecular weight is 361 g/mol. The van der Waals surface area contributed by atoms with Gasteiger partial charge in [-0.25, -0.2) is 0 Å². The lowest BCUT2D eigenvalue weighted by Crippen LogP contribution is -2.56. The maximum absolute atomic E-state index is 6.19. The minimum atomic E-state index is -0.0415. The predicted octanol–water partition coefficient (Wildman–Crippen LogP) is 3.70. The number of nitrogens with two attached hydrogens (primary N) is 1. The zero-order valence-corrected chi connectivity index (χ0v) is 15.7. The highest BCUT2D eigenvalue weighted by Crippen LogP contribution is 2.55. The molecular weight excluding hydrogens is 334 g/mol. The van der Waals surface area contributed by atoms with Crippen LogP contribution in [0.4, 0.5) is 0 Å². The van der Waals surface area contributed by atoms with Gasteiger partial charge in [-0.15, -0.1) is 0 Å². The van der Waals surface area contributed by atoms with Crippen molar-refractivity contribution >= 4 is 17.7 Å². The van der Waals surface area contributed by atoms with E-state index < -0.39 is 0 Å². The Morgan fingerprint density at radius 1 is 1.19 bits per heavy atom. The van der Waals surface area contributed by atoms with E-state index in [1.165, 1.54) is 11.1 Å². The molecule has 0 atom stereocenters. The smallest absolute Gasteiger partial charge is 0.0898 e. The highest BCUT2D eigenvalue weighted by atomic mass is 15.3. The van der Waals surface area contributed by atoms with E-state index in [1.807, 2.05) is 49.9 Å². The van der Waals surface area contributed by atoms with Crippen LogP contribution in [0.3, 0.4) is 0 Å². The summed E-state index contributed by atoms with van der Waals surface area (Å²) in [4.78, 5) is 6.49. The molecule has 1 saturated carbocycles. The summed E-state index contributed by atoms with van der Waals surface area (Å²) in [6.07, 6.45) is 5.83. The van der Waals surface area contributed by atoms with Crippen molar-refractivity contribution in [2.45, 2.75) is 24.4 Å². The van der Waals surface area contributed by atoms with Gasteiger partial charge in [0.2, 0.25) is 0 Å². The fraction of sp³-hybridized carbons (Fsp3) is 0.227. The topological polar surface area (TPSA) is 88.7 Å². The van der Waals surface area contributed by atoms with Crippen molar-refractivity contribution in [1.82, 2.24) is 16.4 Å². The van der Waals surface area contributed by atoms with Crippen LogP contribution in [0.25, 0.3) is 11.4 Å². The van der Waals surface area contributed by atoms with E-state index in [4.69, 9.17) is 5.73 Å². The molecule has 0 saturated heterocycles. The van der Waals surface area contributed by atoms with Gasteiger partial charge in [0, 0.05) is 30.5 Å². The Morgan fingerprint density at radius 2 is 1.85 bits per heavy atom. The van der Waals surface area contributed by atoms with E-state index in [2.05, 4.69) is 46.1 Å². The van der Waals surface area contributed by atoms with Crippen molar-refractivity contribution < 1.29 is 0 Å². The number of hydrogen-bond donors (Lipinski definition) is 3. The van der Waals surface area contributed by atoms with E-state index in [-0.39, 0.29) is 11.7 Å². The molecule has 5 nitrogen and oxygen atoms in total. The fourth-order valence-electron chi connectivity index (χ4n) is 4.17.